The van der Waals surface area contributed by atoms with Crippen LogP contribution in [0.5, 0.6) is 5.75 Å². The van der Waals surface area contributed by atoms with Crippen molar-refractivity contribution >= 4 is 16.7 Å². The summed E-state index contributed by atoms with van der Waals surface area (Å²) < 4.78 is 7.85. The van der Waals surface area contributed by atoms with Gasteiger partial charge in [0, 0.05) is 56.0 Å². The van der Waals surface area contributed by atoms with Gasteiger partial charge in [-0.2, -0.15) is 5.26 Å². The average Bonchev–Trinajstić information content (AvgIpc) is 3.14. The molecule has 0 amide bonds. The molecule has 1 aliphatic heterocycles. The molecular weight excluding hydrogens is 400 g/mol. The molecule has 0 bridgehead atoms. The van der Waals surface area contributed by atoms with Crippen molar-refractivity contribution in [3.8, 4) is 11.8 Å². The molecule has 0 N–H and O–H groups in total. The molecule has 0 saturated carbocycles. The Hall–Kier alpha value is -3.11. The first-order valence-corrected chi connectivity index (χ1v) is 11.2. The summed E-state index contributed by atoms with van der Waals surface area (Å²) in [7, 11) is 1.73. The second kappa shape index (κ2) is 8.79. The van der Waals surface area contributed by atoms with Gasteiger partial charge in [0.25, 0.3) is 0 Å². The number of hydrogen-bond acceptors (Lipinski definition) is 6. The van der Waals surface area contributed by atoms with Crippen LogP contribution in [-0.4, -0.2) is 52.7 Å². The van der Waals surface area contributed by atoms with Crippen LogP contribution in [0, 0.1) is 16.7 Å². The topological polar surface area (TPSA) is 70.2 Å². The van der Waals surface area contributed by atoms with Gasteiger partial charge >= 0.3 is 0 Å². The van der Waals surface area contributed by atoms with Crippen LogP contribution in [0.3, 0.4) is 0 Å². The summed E-state index contributed by atoms with van der Waals surface area (Å²) in [4.78, 5) is 13.7. The zero-order valence-electron chi connectivity index (χ0n) is 19.7. The predicted molar refractivity (Wildman–Crippen MR) is 127 cm³/mol. The van der Waals surface area contributed by atoms with Gasteiger partial charge in [0.05, 0.1) is 12.8 Å². The van der Waals surface area contributed by atoms with Crippen LogP contribution < -0.4 is 9.64 Å². The van der Waals surface area contributed by atoms with E-state index in [4.69, 9.17) is 4.74 Å². The molecular formula is C25H32N6O. The van der Waals surface area contributed by atoms with Crippen molar-refractivity contribution in [1.82, 2.24) is 19.4 Å². The van der Waals surface area contributed by atoms with Gasteiger partial charge in [-0.15, -0.1) is 0 Å². The maximum Gasteiger partial charge on any atom is 0.234 e. The van der Waals surface area contributed by atoms with Gasteiger partial charge < -0.3 is 14.2 Å². The quantitative estimate of drug-likeness (QED) is 0.601. The van der Waals surface area contributed by atoms with E-state index in [2.05, 4.69) is 76.3 Å². The minimum atomic E-state index is 0.0841. The molecule has 0 radical (unpaired) electrons. The summed E-state index contributed by atoms with van der Waals surface area (Å²) in [5.74, 6) is 1.14. The largest absolute Gasteiger partial charge is 0.495 e. The molecule has 3 aromatic rings. The molecule has 4 rings (SSSR count). The predicted octanol–water partition coefficient (Wildman–Crippen LogP) is 4.24. The van der Waals surface area contributed by atoms with Crippen molar-refractivity contribution < 1.29 is 4.74 Å². The molecule has 0 spiro atoms. The van der Waals surface area contributed by atoms with Gasteiger partial charge in [0.1, 0.15) is 17.5 Å². The highest BCUT2D eigenvalue weighted by Crippen LogP contribution is 2.33. The fourth-order valence-electron chi connectivity index (χ4n) is 4.53. The molecule has 2 aromatic heterocycles. The van der Waals surface area contributed by atoms with Crippen LogP contribution in [0.2, 0.25) is 0 Å². The molecule has 1 unspecified atom stereocenters. The van der Waals surface area contributed by atoms with Crippen LogP contribution >= 0.6 is 0 Å². The van der Waals surface area contributed by atoms with E-state index in [-0.39, 0.29) is 17.3 Å². The third kappa shape index (κ3) is 4.42. The Kier molecular flexibility index (Phi) is 6.07. The normalized spacial score (nSPS) is 16.2. The number of benzene rings is 1. The lowest BCUT2D eigenvalue weighted by atomic mass is 9.96. The van der Waals surface area contributed by atoms with E-state index in [0.29, 0.717) is 0 Å². The number of hydrogen-bond donors (Lipinski definition) is 0. The smallest absolute Gasteiger partial charge is 0.234 e. The Morgan fingerprint density at radius 1 is 1.16 bits per heavy atom. The number of rotatable bonds is 5. The van der Waals surface area contributed by atoms with Crippen LogP contribution in [0.4, 0.5) is 5.69 Å². The Morgan fingerprint density at radius 2 is 1.88 bits per heavy atom. The first kappa shape index (κ1) is 22.1. The second-order valence-electron chi connectivity index (χ2n) is 9.67. The van der Waals surface area contributed by atoms with Crippen molar-refractivity contribution in [2.75, 3.05) is 38.2 Å². The molecule has 1 aromatic carbocycles. The second-order valence-corrected chi connectivity index (χ2v) is 9.67. The van der Waals surface area contributed by atoms with Crippen molar-refractivity contribution in [2.24, 2.45) is 5.41 Å². The van der Waals surface area contributed by atoms with E-state index in [1.54, 1.807) is 13.3 Å². The highest BCUT2D eigenvalue weighted by molar-refractivity contribution is 5.77. The monoisotopic (exact) mass is 432 g/mol. The van der Waals surface area contributed by atoms with Crippen molar-refractivity contribution in [1.29, 1.82) is 5.26 Å². The fraction of sp³-hybridized carbons (Fsp3) is 0.480. The van der Waals surface area contributed by atoms with Crippen LogP contribution in [-0.2, 0) is 6.54 Å². The van der Waals surface area contributed by atoms with Crippen LogP contribution in [0.25, 0.3) is 11.0 Å². The number of para-hydroxylation sites is 2. The minimum absolute atomic E-state index is 0.0841. The molecule has 1 fully saturated rings. The zero-order chi connectivity index (χ0) is 22.9. The Balaban J connectivity index is 1.59. The first-order valence-electron chi connectivity index (χ1n) is 11.2. The van der Waals surface area contributed by atoms with Gasteiger partial charge in [-0.25, -0.2) is 9.97 Å². The van der Waals surface area contributed by atoms with Gasteiger partial charge in [0.2, 0.25) is 5.82 Å². The molecule has 1 atom stereocenters. The van der Waals surface area contributed by atoms with E-state index in [1.807, 2.05) is 12.1 Å². The van der Waals surface area contributed by atoms with E-state index < -0.39 is 0 Å². The summed E-state index contributed by atoms with van der Waals surface area (Å²) in [6.07, 6.45) is 1.77. The highest BCUT2D eigenvalue weighted by atomic mass is 16.5. The molecule has 7 heteroatoms. The highest BCUT2D eigenvalue weighted by Gasteiger charge is 2.27. The third-order valence-corrected chi connectivity index (χ3v) is 6.11. The molecule has 32 heavy (non-hydrogen) atoms. The Bertz CT molecular complexity index is 1130. The SMILES string of the molecule is COc1ccccc1N1CCN(C(C)c2cc3cnc(C#N)nc3n2CC(C)(C)C)CC1. The summed E-state index contributed by atoms with van der Waals surface area (Å²) >= 11 is 0. The van der Waals surface area contributed by atoms with E-state index in [0.717, 1.165) is 55.2 Å². The van der Waals surface area contributed by atoms with E-state index >= 15 is 0 Å². The maximum atomic E-state index is 9.29. The van der Waals surface area contributed by atoms with Crippen molar-refractivity contribution in [3.05, 3.63) is 48.0 Å². The number of ether oxygens (including phenoxy) is 1. The number of nitriles is 1. The number of aromatic nitrogens is 3. The number of piperazine rings is 1. The summed E-state index contributed by atoms with van der Waals surface area (Å²) in [6.45, 7) is 13.6. The Labute approximate surface area is 190 Å². The lowest BCUT2D eigenvalue weighted by Gasteiger charge is -2.40. The maximum absolute atomic E-state index is 9.29. The van der Waals surface area contributed by atoms with Crippen LogP contribution in [0.15, 0.2) is 36.5 Å². The summed E-state index contributed by atoms with van der Waals surface area (Å²) in [6, 6.07) is 12.7. The molecule has 7 nitrogen and oxygen atoms in total. The molecule has 0 aliphatic carbocycles. The summed E-state index contributed by atoms with van der Waals surface area (Å²) in [5, 5.41) is 10.3. The molecule has 1 aliphatic rings. The molecule has 1 saturated heterocycles. The molecule has 168 valence electrons. The average molecular weight is 433 g/mol. The number of fused-ring (bicyclic) bond motifs is 1. The number of methoxy groups -OCH3 is 1. The zero-order valence-corrected chi connectivity index (χ0v) is 19.7. The van der Waals surface area contributed by atoms with Gasteiger partial charge in [0.15, 0.2) is 0 Å². The number of nitrogens with zero attached hydrogens (tertiary/aromatic N) is 6. The standard InChI is InChI=1S/C25H32N6O/c1-18(29-10-12-30(13-11-29)20-8-6-7-9-22(20)32-5)21-14-19-16-27-23(15-26)28-24(19)31(21)17-25(2,3)4/h6-9,14,16,18H,10-13,17H2,1-5H3. The molecule has 3 heterocycles. The Morgan fingerprint density at radius 3 is 2.53 bits per heavy atom. The van der Waals surface area contributed by atoms with E-state index in [1.165, 1.54) is 5.69 Å². The fourth-order valence-corrected chi connectivity index (χ4v) is 4.53. The lowest BCUT2D eigenvalue weighted by molar-refractivity contribution is 0.188. The third-order valence-electron chi connectivity index (χ3n) is 6.11. The van der Waals surface area contributed by atoms with Crippen molar-refractivity contribution in [2.45, 2.75) is 40.3 Å². The van der Waals surface area contributed by atoms with Gasteiger partial charge in [-0.05, 0) is 30.5 Å². The van der Waals surface area contributed by atoms with Crippen LogP contribution in [0.1, 0.15) is 45.3 Å². The van der Waals surface area contributed by atoms with Gasteiger partial charge in [-0.3, -0.25) is 4.90 Å². The minimum Gasteiger partial charge on any atom is -0.495 e. The number of anilines is 1. The van der Waals surface area contributed by atoms with E-state index in [9.17, 15) is 5.26 Å². The lowest BCUT2D eigenvalue weighted by Crippen LogP contribution is -2.47. The van der Waals surface area contributed by atoms with Crippen molar-refractivity contribution in [3.63, 3.8) is 0 Å². The first-order chi connectivity index (χ1) is 15.3. The van der Waals surface area contributed by atoms with Gasteiger partial charge in [-0.1, -0.05) is 32.9 Å². The summed E-state index contributed by atoms with van der Waals surface area (Å²) in [5.41, 5.74) is 3.32.